The molecule has 0 saturated carbocycles. The molecule has 3 aliphatic rings. The number of fused-ring (bicyclic) bond motifs is 6. The molecule has 3 aromatic rings. The number of hydrazine groups is 1. The topological polar surface area (TPSA) is 87.7 Å². The highest BCUT2D eigenvalue weighted by Gasteiger charge is 2.41. The Kier molecular flexibility index (Phi) is 3.31. The van der Waals surface area contributed by atoms with Crippen molar-refractivity contribution in [1.82, 2.24) is 29.6 Å². The second kappa shape index (κ2) is 5.90. The number of hydrogen-bond acceptors (Lipinski definition) is 7. The fourth-order valence-corrected chi connectivity index (χ4v) is 4.57. The molecule has 1 aromatic carbocycles. The predicted octanol–water partition coefficient (Wildman–Crippen LogP) is 1.56. The lowest BCUT2D eigenvalue weighted by atomic mass is 10.1. The van der Waals surface area contributed by atoms with Crippen molar-refractivity contribution in [3.63, 3.8) is 0 Å². The Morgan fingerprint density at radius 2 is 2.10 bits per heavy atom. The van der Waals surface area contributed by atoms with Gasteiger partial charge in [0.15, 0.2) is 12.0 Å². The Balaban J connectivity index is 1.44. The zero-order valence-corrected chi connectivity index (χ0v) is 15.8. The molecule has 1 saturated heterocycles. The second-order valence-electron chi connectivity index (χ2n) is 7.40. The van der Waals surface area contributed by atoms with Crippen LogP contribution in [0.5, 0.6) is 0 Å². The summed E-state index contributed by atoms with van der Waals surface area (Å²) in [6.07, 6.45) is 8.77. The molecule has 2 atom stereocenters. The third-order valence-electron chi connectivity index (χ3n) is 5.84. The van der Waals surface area contributed by atoms with Crippen LogP contribution >= 0.6 is 0 Å². The molecule has 0 bridgehead atoms. The van der Waals surface area contributed by atoms with Gasteiger partial charge in [-0.05, 0) is 24.1 Å². The molecule has 1 amide bonds. The number of carbonyl (C=O) groups is 1. The molecule has 0 spiro atoms. The van der Waals surface area contributed by atoms with Crippen LogP contribution in [0.2, 0.25) is 0 Å². The van der Waals surface area contributed by atoms with Crippen molar-refractivity contribution < 1.29 is 4.79 Å². The van der Waals surface area contributed by atoms with Gasteiger partial charge in [-0.15, -0.1) is 9.89 Å². The Morgan fingerprint density at radius 3 is 3.00 bits per heavy atom. The van der Waals surface area contributed by atoms with E-state index in [1.54, 1.807) is 30.6 Å². The van der Waals surface area contributed by atoms with Crippen LogP contribution in [0.3, 0.4) is 0 Å². The monoisotopic (exact) mass is 389 g/mol. The molecule has 0 N–H and O–H groups in total. The molecule has 5 heterocycles. The first-order valence-electron chi connectivity index (χ1n) is 9.65. The molecule has 29 heavy (non-hydrogen) atoms. The second-order valence-corrected chi connectivity index (χ2v) is 7.40. The Bertz CT molecular complexity index is 1130. The van der Waals surface area contributed by atoms with E-state index >= 15 is 0 Å². The number of amides is 1. The number of para-hydroxylation sites is 1. The van der Waals surface area contributed by atoms with Crippen molar-refractivity contribution in [3.8, 4) is 5.69 Å². The van der Waals surface area contributed by atoms with Crippen LogP contribution in [0.4, 0.5) is 5.82 Å². The zero-order valence-electron chi connectivity index (χ0n) is 15.8. The van der Waals surface area contributed by atoms with Gasteiger partial charge in [0, 0.05) is 19.0 Å². The van der Waals surface area contributed by atoms with E-state index in [9.17, 15) is 4.79 Å². The molecule has 0 radical (unpaired) electrons. The summed E-state index contributed by atoms with van der Waals surface area (Å²) in [5.74, 6) is 0.959. The van der Waals surface area contributed by atoms with Gasteiger partial charge in [-0.3, -0.25) is 9.36 Å². The average molecular weight is 389 g/mol. The van der Waals surface area contributed by atoms with Gasteiger partial charge < -0.3 is 4.90 Å². The Morgan fingerprint density at radius 1 is 1.21 bits per heavy atom. The maximum absolute atomic E-state index is 12.1. The van der Waals surface area contributed by atoms with E-state index in [0.717, 1.165) is 42.1 Å². The first-order valence-corrected chi connectivity index (χ1v) is 9.65. The van der Waals surface area contributed by atoms with Gasteiger partial charge in [-0.1, -0.05) is 18.2 Å². The Labute approximate surface area is 166 Å². The minimum atomic E-state index is -0.208. The van der Waals surface area contributed by atoms with Crippen molar-refractivity contribution in [2.75, 3.05) is 16.7 Å². The maximum Gasteiger partial charge on any atom is 0.220 e. The molecule has 6 rings (SSSR count). The molecular weight excluding hydrogens is 370 g/mol. The lowest BCUT2D eigenvalue weighted by Crippen LogP contribution is -2.50. The van der Waals surface area contributed by atoms with Gasteiger partial charge in [0.2, 0.25) is 5.91 Å². The zero-order chi connectivity index (χ0) is 19.5. The number of carbonyl (C=O) groups excluding carboxylic acids is 1. The molecular formula is C19H19N9O. The summed E-state index contributed by atoms with van der Waals surface area (Å²) in [4.78, 5) is 24.8. The van der Waals surface area contributed by atoms with E-state index in [-0.39, 0.29) is 18.1 Å². The van der Waals surface area contributed by atoms with Crippen LogP contribution < -0.4 is 10.1 Å². The minimum absolute atomic E-state index is 0.0445. The van der Waals surface area contributed by atoms with E-state index in [2.05, 4.69) is 27.4 Å². The number of likely N-dealkylation sites (tertiary alicyclic amines) is 1. The number of aliphatic imine (C=N–C) groups is 1. The summed E-state index contributed by atoms with van der Waals surface area (Å²) in [5.41, 5.74) is 3.02. The van der Waals surface area contributed by atoms with Gasteiger partial charge >= 0.3 is 0 Å². The lowest BCUT2D eigenvalue weighted by molar-refractivity contribution is -0.129. The van der Waals surface area contributed by atoms with Gasteiger partial charge in [0.1, 0.15) is 18.4 Å². The van der Waals surface area contributed by atoms with Crippen LogP contribution in [0, 0.1) is 0 Å². The Hall–Kier alpha value is -3.69. The lowest BCUT2D eigenvalue weighted by Gasteiger charge is -2.37. The first-order chi connectivity index (χ1) is 14.2. The summed E-state index contributed by atoms with van der Waals surface area (Å²) in [6, 6.07) is 8.13. The number of imidazole rings is 1. The van der Waals surface area contributed by atoms with Crippen LogP contribution in [0.25, 0.3) is 5.69 Å². The number of anilines is 1. The number of nitrogens with zero attached hydrogens (tertiary/aromatic N) is 9. The summed E-state index contributed by atoms with van der Waals surface area (Å²) in [6.45, 7) is 2.37. The highest BCUT2D eigenvalue weighted by atomic mass is 16.2. The van der Waals surface area contributed by atoms with E-state index in [1.165, 1.54) is 0 Å². The minimum Gasteiger partial charge on any atom is -0.334 e. The van der Waals surface area contributed by atoms with E-state index < -0.39 is 0 Å². The van der Waals surface area contributed by atoms with Gasteiger partial charge in [-0.2, -0.15) is 5.12 Å². The molecule has 0 aliphatic carbocycles. The van der Waals surface area contributed by atoms with E-state index in [0.29, 0.717) is 0 Å². The standard InChI is InChI=1S/C19H19N9O/c1-13(29)24-8-4-7-16(24)17-9-22-23-28(17)26-12-21-19-14-5-2-3-6-15(14)25-11-20-10-18(25)27(19)26/h2-3,5-6,9-12,16,19H,4,7-8H2,1H3. The van der Waals surface area contributed by atoms with Crippen molar-refractivity contribution in [2.45, 2.75) is 32.0 Å². The SMILES string of the molecule is CC(=O)N1CCCC1c1cnnn1N1C=NC2c3ccccc3-n3cncc3N21. The highest BCUT2D eigenvalue weighted by Crippen LogP contribution is 2.41. The van der Waals surface area contributed by atoms with Crippen molar-refractivity contribution in [3.05, 3.63) is 54.2 Å². The third-order valence-corrected chi connectivity index (χ3v) is 5.84. The summed E-state index contributed by atoms with van der Waals surface area (Å²) < 4.78 is 2.04. The summed E-state index contributed by atoms with van der Waals surface area (Å²) in [5, 5.41) is 12.4. The fraction of sp³-hybridized carbons (Fsp3) is 0.316. The van der Waals surface area contributed by atoms with E-state index in [1.807, 2.05) is 37.9 Å². The van der Waals surface area contributed by atoms with Crippen LogP contribution in [-0.4, -0.2) is 48.3 Å². The normalized spacial score (nSPS) is 22.0. The number of hydrogen-bond donors (Lipinski definition) is 0. The highest BCUT2D eigenvalue weighted by molar-refractivity contribution is 5.79. The van der Waals surface area contributed by atoms with Crippen LogP contribution in [0.1, 0.15) is 43.2 Å². The third kappa shape index (κ3) is 2.19. The van der Waals surface area contributed by atoms with Crippen molar-refractivity contribution in [1.29, 1.82) is 0 Å². The van der Waals surface area contributed by atoms with Crippen LogP contribution in [0.15, 0.2) is 48.0 Å². The number of benzene rings is 1. The summed E-state index contributed by atoms with van der Waals surface area (Å²) >= 11 is 0. The summed E-state index contributed by atoms with van der Waals surface area (Å²) in [7, 11) is 0. The molecule has 2 aromatic heterocycles. The number of rotatable bonds is 2. The molecule has 146 valence electrons. The molecule has 10 heteroatoms. The van der Waals surface area contributed by atoms with Crippen molar-refractivity contribution >= 4 is 18.1 Å². The van der Waals surface area contributed by atoms with Gasteiger partial charge in [0.25, 0.3) is 0 Å². The van der Waals surface area contributed by atoms with Gasteiger partial charge in [-0.25, -0.2) is 15.0 Å². The average Bonchev–Trinajstić information content (AvgIpc) is 3.52. The molecule has 10 nitrogen and oxygen atoms in total. The maximum atomic E-state index is 12.1. The smallest absolute Gasteiger partial charge is 0.220 e. The van der Waals surface area contributed by atoms with Crippen LogP contribution in [-0.2, 0) is 4.79 Å². The van der Waals surface area contributed by atoms with Gasteiger partial charge in [0.05, 0.1) is 24.1 Å². The quantitative estimate of drug-likeness (QED) is 0.661. The largest absolute Gasteiger partial charge is 0.334 e. The van der Waals surface area contributed by atoms with Crippen molar-refractivity contribution in [2.24, 2.45) is 4.99 Å². The number of aromatic nitrogens is 5. The molecule has 2 unspecified atom stereocenters. The first kappa shape index (κ1) is 16.3. The molecule has 3 aliphatic heterocycles. The molecule has 1 fully saturated rings. The predicted molar refractivity (Wildman–Crippen MR) is 105 cm³/mol. The fourth-order valence-electron chi connectivity index (χ4n) is 4.57. The van der Waals surface area contributed by atoms with E-state index in [4.69, 9.17) is 4.99 Å².